The monoisotopic (exact) mass is 383 g/mol. The smallest absolute Gasteiger partial charge is 0.268 e. The number of amides is 1. The molecule has 2 aromatic heterocycles. The minimum absolute atomic E-state index is 0.00486. The molecule has 0 saturated carbocycles. The van der Waals surface area contributed by atoms with E-state index in [1.807, 2.05) is 35.2 Å². The van der Waals surface area contributed by atoms with Crippen molar-refractivity contribution in [2.75, 3.05) is 13.2 Å². The van der Waals surface area contributed by atoms with Gasteiger partial charge in [-0.2, -0.15) is 0 Å². The van der Waals surface area contributed by atoms with Crippen molar-refractivity contribution >= 4 is 28.6 Å². The van der Waals surface area contributed by atoms with Crippen LogP contribution in [0.3, 0.4) is 0 Å². The van der Waals surface area contributed by atoms with Crippen LogP contribution in [0.25, 0.3) is 0 Å². The summed E-state index contributed by atoms with van der Waals surface area (Å²) in [5.74, 6) is 1.33. The molecule has 4 heterocycles. The van der Waals surface area contributed by atoms with Crippen molar-refractivity contribution in [3.8, 4) is 11.5 Å². The zero-order valence-corrected chi connectivity index (χ0v) is 15.6. The van der Waals surface area contributed by atoms with Crippen LogP contribution in [0.5, 0.6) is 11.5 Å². The number of thiophene rings is 2. The summed E-state index contributed by atoms with van der Waals surface area (Å²) in [7, 11) is 0. The fraction of sp³-hybridized carbons (Fsp3) is 0.250. The maximum Gasteiger partial charge on any atom is 0.268 e. The molecular formula is C20H17NO3S2. The topological polar surface area (TPSA) is 38.8 Å². The minimum atomic E-state index is -0.604. The number of benzene rings is 1. The van der Waals surface area contributed by atoms with E-state index in [-0.39, 0.29) is 18.6 Å². The summed E-state index contributed by atoms with van der Waals surface area (Å²) in [5, 5.41) is 4.19. The predicted octanol–water partition coefficient (Wildman–Crippen LogP) is 4.12. The molecule has 0 radical (unpaired) electrons. The number of hydrogen-bond donors (Lipinski definition) is 0. The van der Waals surface area contributed by atoms with Gasteiger partial charge in [-0.15, -0.1) is 22.7 Å². The molecule has 0 aliphatic carbocycles. The Balaban J connectivity index is 1.46. The first-order valence-electron chi connectivity index (χ1n) is 8.60. The second-order valence-corrected chi connectivity index (χ2v) is 8.34. The number of hydrogen-bond acceptors (Lipinski definition) is 5. The molecular weight excluding hydrogens is 366 g/mol. The number of fused-ring (bicyclic) bond motifs is 2. The quantitative estimate of drug-likeness (QED) is 0.668. The van der Waals surface area contributed by atoms with Crippen LogP contribution >= 0.6 is 22.7 Å². The van der Waals surface area contributed by atoms with E-state index < -0.39 is 6.10 Å². The van der Waals surface area contributed by atoms with Gasteiger partial charge < -0.3 is 14.4 Å². The average molecular weight is 383 g/mol. The van der Waals surface area contributed by atoms with Crippen LogP contribution in [-0.4, -0.2) is 30.1 Å². The van der Waals surface area contributed by atoms with Crippen molar-refractivity contribution in [2.24, 2.45) is 0 Å². The number of nitrogens with zero attached hydrogens (tertiary/aromatic N) is 1. The van der Waals surface area contributed by atoms with Crippen LogP contribution in [0.15, 0.2) is 53.2 Å². The van der Waals surface area contributed by atoms with E-state index in [4.69, 9.17) is 9.47 Å². The third-order valence-corrected chi connectivity index (χ3v) is 6.77. The predicted molar refractivity (Wildman–Crippen MR) is 102 cm³/mol. The molecule has 0 N–H and O–H groups in total. The molecule has 2 atom stereocenters. The van der Waals surface area contributed by atoms with Crippen molar-refractivity contribution in [3.05, 3.63) is 68.5 Å². The van der Waals surface area contributed by atoms with Gasteiger partial charge in [0.05, 0.1) is 6.04 Å². The van der Waals surface area contributed by atoms with E-state index in [1.165, 1.54) is 15.3 Å². The molecule has 0 bridgehead atoms. The molecule has 2 aliphatic heterocycles. The molecule has 2 unspecified atom stereocenters. The Labute approximate surface area is 159 Å². The van der Waals surface area contributed by atoms with Gasteiger partial charge in [-0.25, -0.2) is 0 Å². The summed E-state index contributed by atoms with van der Waals surface area (Å²) in [6.45, 7) is 0.955. The van der Waals surface area contributed by atoms with E-state index in [2.05, 4.69) is 22.9 Å². The first kappa shape index (κ1) is 15.9. The molecule has 1 aromatic carbocycles. The van der Waals surface area contributed by atoms with Gasteiger partial charge in [0.25, 0.3) is 5.91 Å². The molecule has 0 saturated heterocycles. The van der Waals surface area contributed by atoms with Gasteiger partial charge in [-0.05, 0) is 47.0 Å². The molecule has 1 amide bonds. The average Bonchev–Trinajstić information content (AvgIpc) is 3.38. The lowest BCUT2D eigenvalue weighted by Gasteiger charge is -2.38. The van der Waals surface area contributed by atoms with Gasteiger partial charge in [-0.3, -0.25) is 4.79 Å². The maximum atomic E-state index is 13.3. The Morgan fingerprint density at radius 3 is 2.77 bits per heavy atom. The largest absolute Gasteiger partial charge is 0.485 e. The zero-order chi connectivity index (χ0) is 17.5. The van der Waals surface area contributed by atoms with Gasteiger partial charge in [0.15, 0.2) is 11.5 Å². The molecule has 6 heteroatoms. The minimum Gasteiger partial charge on any atom is -0.485 e. The van der Waals surface area contributed by atoms with E-state index in [9.17, 15) is 4.79 Å². The van der Waals surface area contributed by atoms with Gasteiger partial charge in [0.1, 0.15) is 6.61 Å². The highest BCUT2D eigenvalue weighted by Gasteiger charge is 2.38. The normalized spacial score (nSPS) is 21.3. The standard InChI is InChI=1S/C20H17NO3S2/c22-20(16-12-23-14-4-1-2-5-15(14)24-16)21-9-7-17-13(8-11-26-17)19(21)18-6-3-10-25-18/h1-6,8,10-11,16,19H,7,9,12H2. The number of carbonyl (C=O) groups is 1. The summed E-state index contributed by atoms with van der Waals surface area (Å²) in [6, 6.07) is 13.8. The van der Waals surface area contributed by atoms with Crippen molar-refractivity contribution in [2.45, 2.75) is 18.6 Å². The van der Waals surface area contributed by atoms with Crippen LogP contribution in [0.1, 0.15) is 21.4 Å². The molecule has 5 rings (SSSR count). The number of para-hydroxylation sites is 2. The summed E-state index contributed by atoms with van der Waals surface area (Å²) >= 11 is 3.47. The van der Waals surface area contributed by atoms with Crippen LogP contribution in [-0.2, 0) is 11.2 Å². The van der Waals surface area contributed by atoms with Gasteiger partial charge in [0, 0.05) is 16.3 Å². The van der Waals surface area contributed by atoms with Gasteiger partial charge in [0.2, 0.25) is 6.10 Å². The summed E-state index contributed by atoms with van der Waals surface area (Å²) in [6.07, 6.45) is 0.290. The van der Waals surface area contributed by atoms with Crippen molar-refractivity contribution < 1.29 is 14.3 Å². The maximum absolute atomic E-state index is 13.3. The van der Waals surface area contributed by atoms with Gasteiger partial charge in [-0.1, -0.05) is 18.2 Å². The number of ether oxygens (including phenoxy) is 2. The number of carbonyl (C=O) groups excluding carboxylic acids is 1. The van der Waals surface area contributed by atoms with Crippen LogP contribution in [0, 0.1) is 0 Å². The molecule has 132 valence electrons. The summed E-state index contributed by atoms with van der Waals surface area (Å²) < 4.78 is 11.7. The Kier molecular flexibility index (Phi) is 3.94. The highest BCUT2D eigenvalue weighted by atomic mass is 32.1. The van der Waals surface area contributed by atoms with E-state index in [0.29, 0.717) is 18.0 Å². The second kappa shape index (κ2) is 6.45. The highest BCUT2D eigenvalue weighted by Crippen LogP contribution is 2.40. The lowest BCUT2D eigenvalue weighted by atomic mass is 9.97. The van der Waals surface area contributed by atoms with Crippen molar-refractivity contribution in [3.63, 3.8) is 0 Å². The Morgan fingerprint density at radius 1 is 1.04 bits per heavy atom. The van der Waals surface area contributed by atoms with Crippen LogP contribution in [0.2, 0.25) is 0 Å². The third-order valence-electron chi connectivity index (χ3n) is 4.85. The molecule has 4 nitrogen and oxygen atoms in total. The van der Waals surface area contributed by atoms with E-state index in [0.717, 1.165) is 6.42 Å². The molecule has 2 aliphatic rings. The number of rotatable bonds is 2. The summed E-state index contributed by atoms with van der Waals surface area (Å²) in [4.78, 5) is 17.9. The molecule has 26 heavy (non-hydrogen) atoms. The lowest BCUT2D eigenvalue weighted by Crippen LogP contribution is -2.49. The summed E-state index contributed by atoms with van der Waals surface area (Å²) in [5.41, 5.74) is 1.24. The fourth-order valence-electron chi connectivity index (χ4n) is 3.63. The first-order chi connectivity index (χ1) is 12.8. The Hall–Kier alpha value is -2.31. The highest BCUT2D eigenvalue weighted by molar-refractivity contribution is 7.10. The third kappa shape index (κ3) is 2.61. The first-order valence-corrected chi connectivity index (χ1v) is 10.4. The van der Waals surface area contributed by atoms with Gasteiger partial charge >= 0.3 is 0 Å². The molecule has 0 fully saturated rings. The fourth-order valence-corrected chi connectivity index (χ4v) is 5.39. The van der Waals surface area contributed by atoms with Crippen LogP contribution in [0.4, 0.5) is 0 Å². The Bertz CT molecular complexity index is 934. The SMILES string of the molecule is O=C(C1COc2ccccc2O1)N1CCc2sccc2C1c1cccs1. The van der Waals surface area contributed by atoms with E-state index >= 15 is 0 Å². The van der Waals surface area contributed by atoms with Crippen molar-refractivity contribution in [1.29, 1.82) is 0 Å². The van der Waals surface area contributed by atoms with Crippen LogP contribution < -0.4 is 9.47 Å². The zero-order valence-electron chi connectivity index (χ0n) is 14.0. The van der Waals surface area contributed by atoms with E-state index in [1.54, 1.807) is 22.7 Å². The Morgan fingerprint density at radius 2 is 1.92 bits per heavy atom. The van der Waals surface area contributed by atoms with Crippen molar-refractivity contribution in [1.82, 2.24) is 4.90 Å². The second-order valence-electron chi connectivity index (χ2n) is 6.36. The molecule has 0 spiro atoms. The molecule has 3 aromatic rings. The lowest BCUT2D eigenvalue weighted by molar-refractivity contribution is -0.143.